The van der Waals surface area contributed by atoms with Gasteiger partial charge in [-0.05, 0) is 23.3 Å². The smallest absolute Gasteiger partial charge is 0.369 e. The quantitative estimate of drug-likeness (QED) is 0.729. The monoisotopic (exact) mass is 347 g/mol. The average Bonchev–Trinajstić information content (AvgIpc) is 3.03. The average molecular weight is 347 g/mol. The molecule has 1 N–H and O–H groups in total. The standard InChI is InChI=1S/C18H16F3N3O/c19-18(20,21)15-8-6-13(7-9-15)10-16-22-17(24-23-16)12-25-11-14-4-2-1-3-5-14/h1-9H,10-12H2,(H,22,23,24). The first-order chi connectivity index (χ1) is 12.0. The summed E-state index contributed by atoms with van der Waals surface area (Å²) in [5, 5.41) is 6.84. The van der Waals surface area contributed by atoms with E-state index in [-0.39, 0.29) is 6.61 Å². The Labute approximate surface area is 142 Å². The molecule has 25 heavy (non-hydrogen) atoms. The van der Waals surface area contributed by atoms with Crippen LogP contribution in [0.2, 0.25) is 0 Å². The molecule has 3 rings (SSSR count). The number of hydrogen-bond acceptors (Lipinski definition) is 3. The molecule has 1 heterocycles. The van der Waals surface area contributed by atoms with Crippen LogP contribution in [0.5, 0.6) is 0 Å². The maximum Gasteiger partial charge on any atom is 0.416 e. The maximum absolute atomic E-state index is 12.5. The van der Waals surface area contributed by atoms with Gasteiger partial charge >= 0.3 is 6.18 Å². The van der Waals surface area contributed by atoms with Crippen LogP contribution in [-0.2, 0) is 30.5 Å². The fraction of sp³-hybridized carbons (Fsp3) is 0.222. The van der Waals surface area contributed by atoms with Crippen LogP contribution in [0, 0.1) is 0 Å². The summed E-state index contributed by atoms with van der Waals surface area (Å²) in [5.74, 6) is 1.09. The topological polar surface area (TPSA) is 50.8 Å². The lowest BCUT2D eigenvalue weighted by atomic mass is 10.1. The summed E-state index contributed by atoms with van der Waals surface area (Å²) in [6.07, 6.45) is -3.95. The molecule has 0 aliphatic heterocycles. The summed E-state index contributed by atoms with van der Waals surface area (Å²) in [4.78, 5) is 4.29. The van der Waals surface area contributed by atoms with Crippen molar-refractivity contribution in [2.75, 3.05) is 0 Å². The van der Waals surface area contributed by atoms with E-state index in [1.807, 2.05) is 30.3 Å². The Bertz CT molecular complexity index is 798. The van der Waals surface area contributed by atoms with Gasteiger partial charge in [0.05, 0.1) is 12.2 Å². The van der Waals surface area contributed by atoms with E-state index >= 15 is 0 Å². The molecule has 0 bridgehead atoms. The first-order valence-corrected chi connectivity index (χ1v) is 7.68. The highest BCUT2D eigenvalue weighted by molar-refractivity contribution is 5.26. The Hall–Kier alpha value is -2.67. The van der Waals surface area contributed by atoms with E-state index in [2.05, 4.69) is 15.2 Å². The molecule has 7 heteroatoms. The largest absolute Gasteiger partial charge is 0.416 e. The highest BCUT2D eigenvalue weighted by Crippen LogP contribution is 2.29. The lowest BCUT2D eigenvalue weighted by Gasteiger charge is -2.06. The summed E-state index contributed by atoms with van der Waals surface area (Å²) >= 11 is 0. The number of alkyl halides is 3. The van der Waals surface area contributed by atoms with E-state index in [1.165, 1.54) is 12.1 Å². The third-order valence-electron chi connectivity index (χ3n) is 3.57. The Kier molecular flexibility index (Phi) is 5.14. The molecule has 0 aliphatic carbocycles. The number of H-pyrrole nitrogens is 1. The fourth-order valence-corrected chi connectivity index (χ4v) is 2.32. The third-order valence-corrected chi connectivity index (χ3v) is 3.57. The molecule has 3 aromatic rings. The predicted molar refractivity (Wildman–Crippen MR) is 85.6 cm³/mol. The molecule has 0 unspecified atom stereocenters. The van der Waals surface area contributed by atoms with Gasteiger partial charge in [0, 0.05) is 6.42 Å². The minimum Gasteiger partial charge on any atom is -0.369 e. The summed E-state index contributed by atoms with van der Waals surface area (Å²) in [6.45, 7) is 0.724. The number of aromatic nitrogens is 3. The normalized spacial score (nSPS) is 11.6. The van der Waals surface area contributed by atoms with Gasteiger partial charge in [-0.1, -0.05) is 42.5 Å². The van der Waals surface area contributed by atoms with Crippen molar-refractivity contribution in [1.29, 1.82) is 0 Å². The Morgan fingerprint density at radius 1 is 0.880 bits per heavy atom. The molecule has 2 aromatic carbocycles. The summed E-state index contributed by atoms with van der Waals surface area (Å²) in [5.41, 5.74) is 1.12. The second-order valence-electron chi connectivity index (χ2n) is 5.55. The Balaban J connectivity index is 1.53. The number of hydrogen-bond donors (Lipinski definition) is 1. The molecule has 130 valence electrons. The first-order valence-electron chi connectivity index (χ1n) is 7.68. The van der Waals surface area contributed by atoms with E-state index in [0.29, 0.717) is 24.7 Å². The number of rotatable bonds is 6. The van der Waals surface area contributed by atoms with Crippen molar-refractivity contribution in [3.05, 3.63) is 82.9 Å². The van der Waals surface area contributed by atoms with Gasteiger partial charge < -0.3 is 4.74 Å². The molecule has 0 aliphatic rings. The lowest BCUT2D eigenvalue weighted by Crippen LogP contribution is -2.04. The molecule has 0 radical (unpaired) electrons. The highest BCUT2D eigenvalue weighted by Gasteiger charge is 2.29. The second kappa shape index (κ2) is 7.48. The second-order valence-corrected chi connectivity index (χ2v) is 5.55. The van der Waals surface area contributed by atoms with Crippen LogP contribution in [-0.4, -0.2) is 15.2 Å². The third kappa shape index (κ3) is 4.90. The van der Waals surface area contributed by atoms with Gasteiger partial charge in [-0.15, -0.1) is 0 Å². The van der Waals surface area contributed by atoms with Gasteiger partial charge in [0.15, 0.2) is 5.82 Å². The molecule has 4 nitrogen and oxygen atoms in total. The Morgan fingerprint density at radius 3 is 2.28 bits per heavy atom. The first kappa shape index (κ1) is 17.2. The van der Waals surface area contributed by atoms with Gasteiger partial charge in [-0.2, -0.15) is 18.3 Å². The predicted octanol–water partition coefficient (Wildman–Crippen LogP) is 4.13. The molecule has 1 aromatic heterocycles. The van der Waals surface area contributed by atoms with Crippen LogP contribution in [0.4, 0.5) is 13.2 Å². The van der Waals surface area contributed by atoms with Crippen molar-refractivity contribution in [1.82, 2.24) is 15.2 Å². The Morgan fingerprint density at radius 2 is 1.60 bits per heavy atom. The van der Waals surface area contributed by atoms with Gasteiger partial charge in [0.1, 0.15) is 12.4 Å². The summed E-state index contributed by atoms with van der Waals surface area (Å²) in [7, 11) is 0. The fourth-order valence-electron chi connectivity index (χ4n) is 2.32. The zero-order valence-electron chi connectivity index (χ0n) is 13.3. The van der Waals surface area contributed by atoms with E-state index in [9.17, 15) is 13.2 Å². The number of nitrogens with zero attached hydrogens (tertiary/aromatic N) is 2. The zero-order chi connectivity index (χ0) is 17.7. The van der Waals surface area contributed by atoms with Crippen LogP contribution >= 0.6 is 0 Å². The molecule has 0 amide bonds. The maximum atomic E-state index is 12.5. The lowest BCUT2D eigenvalue weighted by molar-refractivity contribution is -0.137. The van der Waals surface area contributed by atoms with Crippen molar-refractivity contribution in [3.63, 3.8) is 0 Å². The van der Waals surface area contributed by atoms with Gasteiger partial charge in [-0.3, -0.25) is 5.10 Å². The van der Waals surface area contributed by atoms with E-state index in [4.69, 9.17) is 4.74 Å². The van der Waals surface area contributed by atoms with Crippen molar-refractivity contribution in [2.24, 2.45) is 0 Å². The molecule has 0 saturated carbocycles. The van der Waals surface area contributed by atoms with Crippen LogP contribution in [0.1, 0.15) is 28.3 Å². The van der Waals surface area contributed by atoms with Crippen molar-refractivity contribution in [3.8, 4) is 0 Å². The number of aromatic amines is 1. The van der Waals surface area contributed by atoms with E-state index < -0.39 is 11.7 Å². The van der Waals surface area contributed by atoms with Crippen LogP contribution in [0.25, 0.3) is 0 Å². The summed E-state index contributed by atoms with van der Waals surface area (Å²) < 4.78 is 43.2. The number of benzene rings is 2. The zero-order valence-corrected chi connectivity index (χ0v) is 13.3. The molecular weight excluding hydrogens is 331 g/mol. The van der Waals surface area contributed by atoms with Gasteiger partial charge in [0.2, 0.25) is 0 Å². The molecule has 0 fully saturated rings. The van der Waals surface area contributed by atoms with Crippen molar-refractivity contribution >= 4 is 0 Å². The summed E-state index contributed by atoms with van der Waals surface area (Å²) in [6, 6.07) is 14.8. The molecular formula is C18H16F3N3O. The number of nitrogens with one attached hydrogen (secondary N) is 1. The number of halogens is 3. The van der Waals surface area contributed by atoms with Crippen LogP contribution < -0.4 is 0 Å². The SMILES string of the molecule is FC(F)(F)c1ccc(Cc2nc(COCc3ccccc3)n[nH]2)cc1. The van der Waals surface area contributed by atoms with E-state index in [1.54, 1.807) is 0 Å². The van der Waals surface area contributed by atoms with Crippen molar-refractivity contribution < 1.29 is 17.9 Å². The van der Waals surface area contributed by atoms with Crippen LogP contribution in [0.3, 0.4) is 0 Å². The van der Waals surface area contributed by atoms with Crippen molar-refractivity contribution in [2.45, 2.75) is 25.8 Å². The van der Waals surface area contributed by atoms with Crippen LogP contribution in [0.15, 0.2) is 54.6 Å². The van der Waals surface area contributed by atoms with Gasteiger partial charge in [0.25, 0.3) is 0 Å². The van der Waals surface area contributed by atoms with Gasteiger partial charge in [-0.25, -0.2) is 4.98 Å². The molecule has 0 atom stereocenters. The minimum atomic E-state index is -4.33. The minimum absolute atomic E-state index is 0.262. The highest BCUT2D eigenvalue weighted by atomic mass is 19.4. The molecule has 0 saturated heterocycles. The van der Waals surface area contributed by atoms with E-state index in [0.717, 1.165) is 23.3 Å². The molecule has 0 spiro atoms. The number of ether oxygens (including phenoxy) is 1.